The minimum absolute atomic E-state index is 0.0636. The van der Waals surface area contributed by atoms with Gasteiger partial charge in [0.05, 0.1) is 11.1 Å². The van der Waals surface area contributed by atoms with Crippen molar-refractivity contribution in [2.24, 2.45) is 0 Å². The van der Waals surface area contributed by atoms with Crippen LogP contribution in [0.3, 0.4) is 0 Å². The van der Waals surface area contributed by atoms with E-state index in [9.17, 15) is 9.50 Å². The highest BCUT2D eigenvalue weighted by atomic mass is 35.5. The Morgan fingerprint density at radius 3 is 2.58 bits per heavy atom. The van der Waals surface area contributed by atoms with E-state index >= 15 is 0 Å². The van der Waals surface area contributed by atoms with Gasteiger partial charge >= 0.3 is 0 Å². The van der Waals surface area contributed by atoms with E-state index in [2.05, 4.69) is 0 Å². The average molecular weight is 281 g/mol. The van der Waals surface area contributed by atoms with Crippen molar-refractivity contribution >= 4 is 11.6 Å². The van der Waals surface area contributed by atoms with Gasteiger partial charge in [-0.3, -0.25) is 0 Å². The summed E-state index contributed by atoms with van der Waals surface area (Å²) in [4.78, 5) is 0. The zero-order valence-corrected chi connectivity index (χ0v) is 11.0. The van der Waals surface area contributed by atoms with Crippen LogP contribution in [-0.2, 0) is 6.42 Å². The quantitative estimate of drug-likeness (QED) is 0.909. The highest BCUT2D eigenvalue weighted by Crippen LogP contribution is 2.19. The molecule has 1 unspecified atom stereocenters. The summed E-state index contributed by atoms with van der Waals surface area (Å²) >= 11 is 5.68. The average Bonchev–Trinajstić information content (AvgIpc) is 2.43. The van der Waals surface area contributed by atoms with Crippen LogP contribution in [0.25, 0.3) is 0 Å². The van der Waals surface area contributed by atoms with Gasteiger partial charge < -0.3 is 9.84 Å². The van der Waals surface area contributed by atoms with Crippen LogP contribution in [0.4, 0.5) is 4.39 Å². The molecule has 0 aliphatic carbocycles. The van der Waals surface area contributed by atoms with Crippen molar-refractivity contribution in [1.29, 1.82) is 0 Å². The number of aliphatic hydroxyl groups excluding tert-OH is 1. The lowest BCUT2D eigenvalue weighted by molar-refractivity contribution is 0.107. The summed E-state index contributed by atoms with van der Waals surface area (Å²) in [5.41, 5.74) is 0.386. The molecule has 4 heteroatoms. The third-order valence-corrected chi connectivity index (χ3v) is 2.96. The minimum Gasteiger partial charge on any atom is -0.491 e. The molecule has 2 nitrogen and oxygen atoms in total. The van der Waals surface area contributed by atoms with Crippen LogP contribution in [0.1, 0.15) is 5.56 Å². The summed E-state index contributed by atoms with van der Waals surface area (Å²) in [6, 6.07) is 13.9. The lowest BCUT2D eigenvalue weighted by Crippen LogP contribution is -2.20. The second-order valence-electron chi connectivity index (χ2n) is 4.19. The van der Waals surface area contributed by atoms with Crippen LogP contribution in [0.2, 0.25) is 5.02 Å². The van der Waals surface area contributed by atoms with Gasteiger partial charge in [0.1, 0.15) is 18.2 Å². The molecule has 0 amide bonds. The van der Waals surface area contributed by atoms with Crippen molar-refractivity contribution in [3.05, 3.63) is 64.9 Å². The van der Waals surface area contributed by atoms with Crippen LogP contribution >= 0.6 is 11.6 Å². The SMILES string of the molecule is OC(COc1ccccc1)Cc1cccc(Cl)c1F. The topological polar surface area (TPSA) is 29.5 Å². The van der Waals surface area contributed by atoms with Gasteiger partial charge in [-0.1, -0.05) is 41.9 Å². The zero-order chi connectivity index (χ0) is 13.7. The normalized spacial score (nSPS) is 12.2. The van der Waals surface area contributed by atoms with Crippen LogP contribution in [-0.4, -0.2) is 17.8 Å². The van der Waals surface area contributed by atoms with Crippen LogP contribution in [0.15, 0.2) is 48.5 Å². The van der Waals surface area contributed by atoms with E-state index < -0.39 is 11.9 Å². The van der Waals surface area contributed by atoms with Gasteiger partial charge in [0.15, 0.2) is 0 Å². The maximum atomic E-state index is 13.6. The predicted molar refractivity (Wildman–Crippen MR) is 73.1 cm³/mol. The number of para-hydroxylation sites is 1. The molecule has 0 aliphatic heterocycles. The Hall–Kier alpha value is -1.58. The second kappa shape index (κ2) is 6.55. The van der Waals surface area contributed by atoms with E-state index in [-0.39, 0.29) is 18.1 Å². The van der Waals surface area contributed by atoms with Crippen molar-refractivity contribution in [2.75, 3.05) is 6.61 Å². The van der Waals surface area contributed by atoms with Gasteiger partial charge in [-0.15, -0.1) is 0 Å². The summed E-state index contributed by atoms with van der Waals surface area (Å²) < 4.78 is 19.0. The number of rotatable bonds is 5. The summed E-state index contributed by atoms with van der Waals surface area (Å²) in [5, 5.41) is 9.91. The number of halogens is 2. The Kier molecular flexibility index (Phi) is 4.77. The first kappa shape index (κ1) is 13.8. The molecule has 0 aliphatic rings. The largest absolute Gasteiger partial charge is 0.491 e. The molecule has 19 heavy (non-hydrogen) atoms. The third-order valence-electron chi connectivity index (χ3n) is 2.67. The van der Waals surface area contributed by atoms with Gasteiger partial charge in [-0.25, -0.2) is 4.39 Å². The molecule has 0 heterocycles. The first-order valence-electron chi connectivity index (χ1n) is 5.95. The number of benzene rings is 2. The fourth-order valence-electron chi connectivity index (χ4n) is 1.73. The molecule has 0 spiro atoms. The van der Waals surface area contributed by atoms with E-state index in [4.69, 9.17) is 16.3 Å². The molecule has 100 valence electrons. The molecule has 0 radical (unpaired) electrons. The number of hydrogen-bond acceptors (Lipinski definition) is 2. The van der Waals surface area contributed by atoms with E-state index in [0.29, 0.717) is 11.3 Å². The molecular formula is C15H14ClFO2. The fourth-order valence-corrected chi connectivity index (χ4v) is 1.92. The van der Waals surface area contributed by atoms with Gasteiger partial charge in [0.25, 0.3) is 0 Å². The summed E-state index contributed by atoms with van der Waals surface area (Å²) in [6.45, 7) is 0.107. The molecule has 0 saturated heterocycles. The zero-order valence-electron chi connectivity index (χ0n) is 10.2. The third kappa shape index (κ3) is 3.94. The number of aliphatic hydroxyl groups is 1. The standard InChI is InChI=1S/C15H14ClFO2/c16-14-8-4-5-11(15(14)17)9-12(18)10-19-13-6-2-1-3-7-13/h1-8,12,18H,9-10H2. The summed E-state index contributed by atoms with van der Waals surface area (Å²) in [7, 11) is 0. The highest BCUT2D eigenvalue weighted by Gasteiger charge is 2.12. The van der Waals surface area contributed by atoms with Crippen molar-refractivity contribution in [3.63, 3.8) is 0 Å². The second-order valence-corrected chi connectivity index (χ2v) is 4.60. The first-order chi connectivity index (χ1) is 9.16. The van der Waals surface area contributed by atoms with E-state index in [1.165, 1.54) is 6.07 Å². The minimum atomic E-state index is -0.784. The maximum absolute atomic E-state index is 13.6. The number of hydrogen-bond donors (Lipinski definition) is 1. The van der Waals surface area contributed by atoms with Crippen molar-refractivity contribution in [1.82, 2.24) is 0 Å². The molecule has 0 fully saturated rings. The lowest BCUT2D eigenvalue weighted by atomic mass is 10.1. The van der Waals surface area contributed by atoms with Crippen molar-refractivity contribution < 1.29 is 14.2 Å². The Labute approximate surface area is 116 Å². The molecule has 1 atom stereocenters. The summed E-state index contributed by atoms with van der Waals surface area (Å²) in [6.07, 6.45) is -0.618. The maximum Gasteiger partial charge on any atom is 0.145 e. The fraction of sp³-hybridized carbons (Fsp3) is 0.200. The summed E-state index contributed by atoms with van der Waals surface area (Å²) in [5.74, 6) is 0.191. The van der Waals surface area contributed by atoms with E-state index in [0.717, 1.165) is 0 Å². The Morgan fingerprint density at radius 2 is 1.84 bits per heavy atom. The van der Waals surface area contributed by atoms with Crippen LogP contribution < -0.4 is 4.74 Å². The van der Waals surface area contributed by atoms with Gasteiger partial charge in [-0.2, -0.15) is 0 Å². The van der Waals surface area contributed by atoms with E-state index in [1.54, 1.807) is 24.3 Å². The van der Waals surface area contributed by atoms with Crippen molar-refractivity contribution in [2.45, 2.75) is 12.5 Å². The predicted octanol–water partition coefficient (Wildman–Crippen LogP) is 3.46. The molecule has 2 aromatic carbocycles. The molecule has 0 aromatic heterocycles. The Balaban J connectivity index is 1.91. The number of ether oxygens (including phenoxy) is 1. The molecule has 0 saturated carbocycles. The molecule has 1 N–H and O–H groups in total. The Morgan fingerprint density at radius 1 is 1.11 bits per heavy atom. The molecule has 2 rings (SSSR count). The molecular weight excluding hydrogens is 267 g/mol. The highest BCUT2D eigenvalue weighted by molar-refractivity contribution is 6.30. The monoisotopic (exact) mass is 280 g/mol. The van der Waals surface area contributed by atoms with Crippen molar-refractivity contribution in [3.8, 4) is 5.75 Å². The van der Waals surface area contributed by atoms with E-state index in [1.807, 2.05) is 18.2 Å². The van der Waals surface area contributed by atoms with Gasteiger partial charge in [0.2, 0.25) is 0 Å². The van der Waals surface area contributed by atoms with Gasteiger partial charge in [-0.05, 0) is 23.8 Å². The first-order valence-corrected chi connectivity index (χ1v) is 6.33. The smallest absolute Gasteiger partial charge is 0.145 e. The van der Waals surface area contributed by atoms with Crippen LogP contribution in [0, 0.1) is 5.82 Å². The Bertz CT molecular complexity index is 531. The molecule has 0 bridgehead atoms. The van der Waals surface area contributed by atoms with Crippen LogP contribution in [0.5, 0.6) is 5.75 Å². The lowest BCUT2D eigenvalue weighted by Gasteiger charge is -2.13. The van der Waals surface area contributed by atoms with Gasteiger partial charge in [0, 0.05) is 6.42 Å². The molecule has 2 aromatic rings.